The predicted octanol–water partition coefficient (Wildman–Crippen LogP) is 2.11. The number of anilines is 2. The van der Waals surface area contributed by atoms with Crippen molar-refractivity contribution in [3.63, 3.8) is 0 Å². The molecule has 1 N–H and O–H groups in total. The monoisotopic (exact) mass is 419 g/mol. The molecule has 1 aromatic carbocycles. The van der Waals surface area contributed by atoms with Crippen LogP contribution >= 0.6 is 0 Å². The molecule has 158 valence electrons. The third-order valence-corrected chi connectivity index (χ3v) is 4.92. The Morgan fingerprint density at radius 1 is 1.26 bits per heavy atom. The van der Waals surface area contributed by atoms with E-state index in [2.05, 4.69) is 15.3 Å². The summed E-state index contributed by atoms with van der Waals surface area (Å²) < 4.78 is 16.4. The van der Waals surface area contributed by atoms with Crippen LogP contribution in [0.2, 0.25) is 0 Å². The maximum absolute atomic E-state index is 13.1. The highest BCUT2D eigenvalue weighted by molar-refractivity contribution is 6.04. The van der Waals surface area contributed by atoms with E-state index in [9.17, 15) is 4.79 Å². The largest absolute Gasteiger partial charge is 0.497 e. The third kappa shape index (κ3) is 5.15. The van der Waals surface area contributed by atoms with Gasteiger partial charge in [0.25, 0.3) is 11.9 Å². The summed E-state index contributed by atoms with van der Waals surface area (Å²) in [5, 5.41) is 3.03. The smallest absolute Gasteiger partial charge is 0.299 e. The molecule has 1 fully saturated rings. The van der Waals surface area contributed by atoms with Crippen molar-refractivity contribution in [2.75, 3.05) is 38.7 Å². The zero-order chi connectivity index (χ0) is 21.6. The highest BCUT2D eigenvalue weighted by Crippen LogP contribution is 2.21. The van der Waals surface area contributed by atoms with Crippen molar-refractivity contribution in [3.05, 3.63) is 60.7 Å². The molecule has 0 aliphatic carbocycles. The van der Waals surface area contributed by atoms with Gasteiger partial charge < -0.3 is 28.9 Å². The van der Waals surface area contributed by atoms with Crippen LogP contribution < -0.4 is 14.8 Å². The zero-order valence-electron chi connectivity index (χ0n) is 17.1. The first kappa shape index (κ1) is 20.7. The molecule has 3 heterocycles. The van der Waals surface area contributed by atoms with Gasteiger partial charge in [-0.25, -0.2) is 0 Å². The second kappa shape index (κ2) is 9.52. The average Bonchev–Trinajstić information content (AvgIpc) is 3.27. The summed E-state index contributed by atoms with van der Waals surface area (Å²) in [6.07, 6.45) is 4.65. The minimum atomic E-state index is -0.237. The molecule has 10 heteroatoms. The number of hydrogen-bond acceptors (Lipinski definition) is 8. The van der Waals surface area contributed by atoms with Gasteiger partial charge in [0.15, 0.2) is 13.7 Å². The van der Waals surface area contributed by atoms with Gasteiger partial charge in [-0.2, -0.15) is 4.98 Å². The fraction of sp³-hybridized carbons (Fsp3) is 0.286. The minimum Gasteiger partial charge on any atom is -0.497 e. The van der Waals surface area contributed by atoms with Crippen LogP contribution in [0.5, 0.6) is 11.5 Å². The predicted molar refractivity (Wildman–Crippen MR) is 115 cm³/mol. The lowest BCUT2D eigenvalue weighted by Gasteiger charge is -2.39. The molecule has 1 unspecified atom stereocenters. The zero-order valence-corrected chi connectivity index (χ0v) is 17.1. The lowest BCUT2D eigenvalue weighted by molar-refractivity contribution is 0.0464. The molecular weight excluding hydrogens is 397 g/mol. The van der Waals surface area contributed by atoms with Gasteiger partial charge in [-0.1, -0.05) is 0 Å². The van der Waals surface area contributed by atoms with Gasteiger partial charge in [-0.15, -0.1) is 0 Å². The molecule has 0 spiro atoms. The Morgan fingerprint density at radius 2 is 2.10 bits per heavy atom. The molecular formula is C21H22BN5O4. The van der Waals surface area contributed by atoms with Crippen molar-refractivity contribution in [1.29, 1.82) is 0 Å². The number of aromatic nitrogens is 2. The Bertz CT molecular complexity index is 999. The number of nitrogens with zero attached hydrogens (tertiary/aromatic N) is 4. The second-order valence-electron chi connectivity index (χ2n) is 7.04. The van der Waals surface area contributed by atoms with Crippen molar-refractivity contribution in [3.8, 4) is 11.5 Å². The normalized spacial score (nSPS) is 16.7. The Labute approximate surface area is 181 Å². The average molecular weight is 419 g/mol. The summed E-state index contributed by atoms with van der Waals surface area (Å²) in [5.41, 5.74) is 0.981. The second-order valence-corrected chi connectivity index (χ2v) is 7.04. The van der Waals surface area contributed by atoms with E-state index in [0.29, 0.717) is 32.0 Å². The lowest BCUT2D eigenvalue weighted by Crippen LogP contribution is -2.56. The van der Waals surface area contributed by atoms with E-state index in [4.69, 9.17) is 21.9 Å². The molecule has 2 radical (unpaired) electrons. The Morgan fingerprint density at radius 3 is 2.84 bits per heavy atom. The Kier molecular flexibility index (Phi) is 6.37. The van der Waals surface area contributed by atoms with Crippen molar-refractivity contribution in [2.45, 2.75) is 6.04 Å². The van der Waals surface area contributed by atoms with Crippen molar-refractivity contribution in [2.24, 2.45) is 0 Å². The maximum Gasteiger partial charge on any atom is 0.299 e. The van der Waals surface area contributed by atoms with Crippen LogP contribution in [0.15, 0.2) is 59.5 Å². The lowest BCUT2D eigenvalue weighted by atomic mass is 10.1. The molecule has 0 bridgehead atoms. The molecule has 0 saturated carbocycles. The summed E-state index contributed by atoms with van der Waals surface area (Å²) in [6, 6.07) is 10.9. The van der Waals surface area contributed by atoms with Gasteiger partial charge in [-0.3, -0.25) is 9.78 Å². The fourth-order valence-corrected chi connectivity index (χ4v) is 3.29. The van der Waals surface area contributed by atoms with Crippen LogP contribution in [0.1, 0.15) is 10.5 Å². The molecule has 1 aliphatic rings. The number of hydrogen-bond donors (Lipinski definition) is 1. The molecule has 1 saturated heterocycles. The number of rotatable bonds is 7. The number of piperazine rings is 1. The van der Waals surface area contributed by atoms with Crippen LogP contribution in [0, 0.1) is 0 Å². The molecule has 1 amide bonds. The number of ether oxygens (including phenoxy) is 2. The van der Waals surface area contributed by atoms with Crippen molar-refractivity contribution in [1.82, 2.24) is 19.7 Å². The van der Waals surface area contributed by atoms with Crippen molar-refractivity contribution < 1.29 is 18.7 Å². The number of amides is 1. The molecule has 1 aliphatic heterocycles. The van der Waals surface area contributed by atoms with E-state index >= 15 is 0 Å². The van der Waals surface area contributed by atoms with Crippen molar-refractivity contribution >= 4 is 25.6 Å². The quantitative estimate of drug-likeness (QED) is 0.583. The number of nitrogens with one attached hydrogen (secondary N) is 1. The molecule has 2 aromatic heterocycles. The van der Waals surface area contributed by atoms with Crippen LogP contribution in [0.3, 0.4) is 0 Å². The molecule has 9 nitrogen and oxygen atoms in total. The molecule has 3 aromatic rings. The van der Waals surface area contributed by atoms with Gasteiger partial charge >= 0.3 is 0 Å². The number of carbonyl (C=O) groups is 1. The standard InChI is InChI=1S/C21H22BN5O4/c1-29-17-6-4-15(5-7-17)24-21-25-19(14-31-21)20(28)27-10-9-26(22)12-16(27)13-30-18-3-2-8-23-11-18/h2-8,11,14,16H,9-10,12-13H2,1H3,(H,24,25). The molecule has 1 atom stereocenters. The first-order valence-electron chi connectivity index (χ1n) is 9.82. The number of benzene rings is 1. The highest BCUT2D eigenvalue weighted by Gasteiger charge is 2.31. The summed E-state index contributed by atoms with van der Waals surface area (Å²) in [6.45, 7) is 1.80. The SMILES string of the molecule is [B]N1CCN(C(=O)c2coc(Nc3ccc(OC)cc3)n2)C(COc2cccnc2)C1. The van der Waals surface area contributed by atoms with Crippen LogP contribution in [-0.2, 0) is 0 Å². The van der Waals surface area contributed by atoms with Gasteiger partial charge in [0, 0.05) is 31.5 Å². The van der Waals surface area contributed by atoms with Crippen LogP contribution in [-0.4, -0.2) is 73.0 Å². The number of oxazole rings is 1. The van der Waals surface area contributed by atoms with E-state index < -0.39 is 0 Å². The molecule has 31 heavy (non-hydrogen) atoms. The summed E-state index contributed by atoms with van der Waals surface area (Å²) in [4.78, 5) is 24.8. The summed E-state index contributed by atoms with van der Waals surface area (Å²) in [5.74, 6) is 1.14. The number of carbonyl (C=O) groups excluding carboxylic acids is 1. The third-order valence-electron chi connectivity index (χ3n) is 4.92. The Hall–Kier alpha value is -3.53. The van der Waals surface area contributed by atoms with E-state index in [1.165, 1.54) is 6.26 Å². The van der Waals surface area contributed by atoms with Crippen LogP contribution in [0.4, 0.5) is 11.7 Å². The van der Waals surface area contributed by atoms with Gasteiger partial charge in [-0.05, 0) is 36.4 Å². The van der Waals surface area contributed by atoms with Gasteiger partial charge in [0.2, 0.25) is 0 Å². The highest BCUT2D eigenvalue weighted by atomic mass is 16.5. The van der Waals surface area contributed by atoms with E-state index in [0.717, 1.165) is 11.4 Å². The van der Waals surface area contributed by atoms with E-state index in [-0.39, 0.29) is 23.7 Å². The first-order valence-corrected chi connectivity index (χ1v) is 9.82. The van der Waals surface area contributed by atoms with E-state index in [1.807, 2.05) is 30.3 Å². The number of pyridine rings is 1. The Balaban J connectivity index is 1.42. The first-order chi connectivity index (χ1) is 15.1. The molecule has 4 rings (SSSR count). The minimum absolute atomic E-state index is 0.216. The van der Waals surface area contributed by atoms with Gasteiger partial charge in [0.05, 0.1) is 19.3 Å². The summed E-state index contributed by atoms with van der Waals surface area (Å²) in [7, 11) is 7.59. The van der Waals surface area contributed by atoms with Gasteiger partial charge in [0.1, 0.15) is 24.4 Å². The fourth-order valence-electron chi connectivity index (χ4n) is 3.29. The maximum atomic E-state index is 13.1. The summed E-state index contributed by atoms with van der Waals surface area (Å²) >= 11 is 0. The number of methoxy groups -OCH3 is 1. The van der Waals surface area contributed by atoms with Crippen LogP contribution in [0.25, 0.3) is 0 Å². The van der Waals surface area contributed by atoms with E-state index in [1.54, 1.807) is 35.3 Å². The topological polar surface area (TPSA) is 93.0 Å².